The second kappa shape index (κ2) is 4.65. The van der Waals surface area contributed by atoms with Gasteiger partial charge >= 0.3 is 4.87 Å². The van der Waals surface area contributed by atoms with Crippen LogP contribution in [-0.4, -0.2) is 19.7 Å². The maximum Gasteiger partial charge on any atom is 0.306 e. The molecule has 0 aromatic carbocycles. The summed E-state index contributed by atoms with van der Waals surface area (Å²) in [5.41, 5.74) is 2.63. The number of nitrogens with one attached hydrogen (secondary N) is 2. The lowest BCUT2D eigenvalue weighted by molar-refractivity contribution is 0.542. The number of H-pyrrole nitrogens is 2. The van der Waals surface area contributed by atoms with Crippen LogP contribution < -0.4 is 10.4 Å². The molecule has 0 unspecified atom stereocenters. The Morgan fingerprint density at radius 1 is 1.32 bits per heavy atom. The van der Waals surface area contributed by atoms with Crippen molar-refractivity contribution in [3.63, 3.8) is 0 Å². The molecule has 0 aliphatic carbocycles. The van der Waals surface area contributed by atoms with Gasteiger partial charge in [-0.05, 0) is 36.2 Å². The van der Waals surface area contributed by atoms with Gasteiger partial charge < -0.3 is 0 Å². The first-order chi connectivity index (χ1) is 10.6. The minimum absolute atomic E-state index is 0.0656. The van der Waals surface area contributed by atoms with Crippen LogP contribution in [0.5, 0.6) is 0 Å². The van der Waals surface area contributed by atoms with Crippen molar-refractivity contribution in [2.75, 3.05) is 0 Å². The maximum atomic E-state index is 12.5. The summed E-state index contributed by atoms with van der Waals surface area (Å²) in [6, 6.07) is 2.02. The molecule has 0 spiro atoms. The second-order valence-corrected chi connectivity index (χ2v) is 7.06. The largest absolute Gasteiger partial charge is 0.306 e. The summed E-state index contributed by atoms with van der Waals surface area (Å²) in [5, 5.41) is 7.32. The third kappa shape index (κ3) is 1.80. The fourth-order valence-electron chi connectivity index (χ4n) is 2.62. The Morgan fingerprint density at radius 2 is 2.14 bits per heavy atom. The monoisotopic (exact) mass is 332 g/mol. The molecule has 0 atom stereocenters. The van der Waals surface area contributed by atoms with Crippen molar-refractivity contribution in [1.82, 2.24) is 19.7 Å². The average Bonchev–Trinajstić information content (AvgIpc) is 3.15. The van der Waals surface area contributed by atoms with Crippen LogP contribution in [0.4, 0.5) is 0 Å². The van der Waals surface area contributed by atoms with E-state index in [4.69, 9.17) is 0 Å². The molecule has 0 fully saturated rings. The van der Waals surface area contributed by atoms with E-state index in [2.05, 4.69) is 15.1 Å². The minimum atomic E-state index is -0.180. The van der Waals surface area contributed by atoms with Gasteiger partial charge in [-0.3, -0.25) is 24.4 Å². The zero-order valence-corrected chi connectivity index (χ0v) is 13.5. The number of thiophene rings is 1. The number of pyridine rings is 1. The zero-order chi connectivity index (χ0) is 15.4. The number of nitrogens with zero attached hydrogens (tertiary/aromatic N) is 2. The SMILES string of the molecule is CC(C)n1[nH]c(=O)c2c(-c3ccsc3)c3sc(=O)[nH]c3nc21. The summed E-state index contributed by atoms with van der Waals surface area (Å²) in [6.45, 7) is 3.95. The molecule has 22 heavy (non-hydrogen) atoms. The molecule has 0 saturated carbocycles. The molecule has 0 bridgehead atoms. The van der Waals surface area contributed by atoms with E-state index in [-0.39, 0.29) is 16.5 Å². The van der Waals surface area contributed by atoms with Crippen molar-refractivity contribution in [3.8, 4) is 11.1 Å². The third-order valence-electron chi connectivity index (χ3n) is 3.55. The van der Waals surface area contributed by atoms with Gasteiger partial charge in [-0.15, -0.1) is 0 Å². The maximum absolute atomic E-state index is 12.5. The van der Waals surface area contributed by atoms with Crippen LogP contribution in [0.15, 0.2) is 26.4 Å². The number of hydrogen-bond donors (Lipinski definition) is 2. The highest BCUT2D eigenvalue weighted by Crippen LogP contribution is 2.35. The summed E-state index contributed by atoms with van der Waals surface area (Å²) in [7, 11) is 0. The number of hydrogen-bond acceptors (Lipinski definition) is 5. The predicted octanol–water partition coefficient (Wildman–Crippen LogP) is 2.94. The molecule has 112 valence electrons. The Balaban J connectivity index is 2.30. The number of rotatable bonds is 2. The molecule has 4 aromatic heterocycles. The molecular weight excluding hydrogens is 320 g/mol. The lowest BCUT2D eigenvalue weighted by Crippen LogP contribution is -2.07. The number of aromatic amines is 2. The van der Waals surface area contributed by atoms with E-state index in [1.165, 1.54) is 0 Å². The summed E-state index contributed by atoms with van der Waals surface area (Å²) in [5.74, 6) is 0. The molecule has 0 aliphatic heterocycles. The van der Waals surface area contributed by atoms with Crippen LogP contribution >= 0.6 is 22.7 Å². The Hall–Kier alpha value is -2.19. The third-order valence-corrected chi connectivity index (χ3v) is 5.12. The normalized spacial score (nSPS) is 12.0. The Kier molecular flexibility index (Phi) is 2.85. The number of fused-ring (bicyclic) bond motifs is 2. The first kappa shape index (κ1) is 13.5. The standard InChI is InChI=1S/C14H12N4O2S2/c1-6(2)18-12-9(13(19)17-18)8(7-3-4-21-5-7)10-11(15-12)16-14(20)22-10/h3-6H,1-2H3,(H,17,19)(H,15,16,20). The van der Waals surface area contributed by atoms with Crippen LogP contribution in [0.3, 0.4) is 0 Å². The van der Waals surface area contributed by atoms with Crippen molar-refractivity contribution < 1.29 is 0 Å². The molecular formula is C14H12N4O2S2. The summed E-state index contributed by atoms with van der Waals surface area (Å²) < 4.78 is 2.46. The molecule has 0 saturated heterocycles. The van der Waals surface area contributed by atoms with Crippen LogP contribution in [0, 0.1) is 0 Å². The topological polar surface area (TPSA) is 83.5 Å². The molecule has 4 aromatic rings. The molecule has 0 amide bonds. The highest BCUT2D eigenvalue weighted by Gasteiger charge is 2.21. The number of aromatic nitrogens is 4. The summed E-state index contributed by atoms with van der Waals surface area (Å²) in [4.78, 5) is 31.3. The van der Waals surface area contributed by atoms with Gasteiger partial charge in [0.15, 0.2) is 11.3 Å². The first-order valence-corrected chi connectivity index (χ1v) is 8.52. The van der Waals surface area contributed by atoms with Gasteiger partial charge in [0, 0.05) is 11.6 Å². The lowest BCUT2D eigenvalue weighted by Gasteiger charge is -2.08. The zero-order valence-electron chi connectivity index (χ0n) is 11.8. The lowest BCUT2D eigenvalue weighted by atomic mass is 10.1. The molecule has 4 rings (SSSR count). The van der Waals surface area contributed by atoms with Crippen LogP contribution in [0.1, 0.15) is 19.9 Å². The fourth-order valence-corrected chi connectivity index (χ4v) is 4.11. The van der Waals surface area contributed by atoms with E-state index in [0.29, 0.717) is 16.7 Å². The van der Waals surface area contributed by atoms with E-state index in [0.717, 1.165) is 27.2 Å². The molecule has 0 radical (unpaired) electrons. The second-order valence-electron chi connectivity index (χ2n) is 5.29. The summed E-state index contributed by atoms with van der Waals surface area (Å²) in [6.07, 6.45) is 0. The van der Waals surface area contributed by atoms with Gasteiger partial charge in [0.05, 0.1) is 10.1 Å². The highest BCUT2D eigenvalue weighted by atomic mass is 32.1. The van der Waals surface area contributed by atoms with E-state index in [9.17, 15) is 9.59 Å². The van der Waals surface area contributed by atoms with E-state index in [1.54, 1.807) is 16.0 Å². The van der Waals surface area contributed by atoms with Crippen LogP contribution in [0.2, 0.25) is 0 Å². The van der Waals surface area contributed by atoms with E-state index < -0.39 is 0 Å². The smallest absolute Gasteiger partial charge is 0.297 e. The van der Waals surface area contributed by atoms with Crippen molar-refractivity contribution in [2.45, 2.75) is 19.9 Å². The van der Waals surface area contributed by atoms with Gasteiger partial charge in [-0.1, -0.05) is 11.3 Å². The minimum Gasteiger partial charge on any atom is -0.297 e. The molecule has 0 aliphatic rings. The number of thiazole rings is 1. The van der Waals surface area contributed by atoms with Crippen molar-refractivity contribution in [1.29, 1.82) is 0 Å². The van der Waals surface area contributed by atoms with Crippen molar-refractivity contribution in [3.05, 3.63) is 36.8 Å². The molecule has 6 nitrogen and oxygen atoms in total. The summed E-state index contributed by atoms with van der Waals surface area (Å²) >= 11 is 2.64. The van der Waals surface area contributed by atoms with Crippen molar-refractivity contribution >= 4 is 44.1 Å². The van der Waals surface area contributed by atoms with Gasteiger partial charge in [-0.25, -0.2) is 4.98 Å². The predicted molar refractivity (Wildman–Crippen MR) is 90.1 cm³/mol. The molecule has 4 heterocycles. The van der Waals surface area contributed by atoms with Gasteiger partial charge in [0.1, 0.15) is 0 Å². The first-order valence-electron chi connectivity index (χ1n) is 6.76. The fraction of sp³-hybridized carbons (Fsp3) is 0.214. The highest BCUT2D eigenvalue weighted by molar-refractivity contribution is 7.17. The van der Waals surface area contributed by atoms with Crippen LogP contribution in [-0.2, 0) is 0 Å². The molecule has 2 N–H and O–H groups in total. The Bertz CT molecular complexity index is 1100. The van der Waals surface area contributed by atoms with E-state index in [1.807, 2.05) is 30.7 Å². The quantitative estimate of drug-likeness (QED) is 0.592. The van der Waals surface area contributed by atoms with Gasteiger partial charge in [-0.2, -0.15) is 11.3 Å². The van der Waals surface area contributed by atoms with Crippen molar-refractivity contribution in [2.24, 2.45) is 0 Å². The van der Waals surface area contributed by atoms with Gasteiger partial charge in [0.2, 0.25) is 0 Å². The average molecular weight is 332 g/mol. The van der Waals surface area contributed by atoms with Gasteiger partial charge in [0.25, 0.3) is 5.56 Å². The molecule has 8 heteroatoms. The Morgan fingerprint density at radius 3 is 2.82 bits per heavy atom. The van der Waals surface area contributed by atoms with E-state index >= 15 is 0 Å². The Labute approximate surface area is 132 Å². The van der Waals surface area contributed by atoms with Crippen LogP contribution in [0.25, 0.3) is 32.5 Å².